The third kappa shape index (κ3) is 74.1. The fourth-order valence-electron chi connectivity index (χ4n) is 12.0. The monoisotopic (exact) mass is 1200 g/mol. The molecule has 0 amide bonds. The van der Waals surface area contributed by atoms with Crippen molar-refractivity contribution in [1.29, 1.82) is 0 Å². The lowest BCUT2D eigenvalue weighted by Gasteiger charge is -2.15. The molecule has 0 aromatic heterocycles. The Morgan fingerprint density at radius 3 is 0.698 bits per heavy atom. The van der Waals surface area contributed by atoms with Gasteiger partial charge in [0.2, 0.25) is 0 Å². The fraction of sp³-hybridized carbons (Fsp3) is 0.852. The molecule has 0 aromatic carbocycles. The number of allylic oxidation sites excluding steroid dienone is 10. The van der Waals surface area contributed by atoms with Gasteiger partial charge in [-0.05, 0) is 83.5 Å². The van der Waals surface area contributed by atoms with Crippen LogP contribution in [-0.4, -0.2) is 36.4 Å². The fourth-order valence-corrected chi connectivity index (χ4v) is 12.0. The Morgan fingerprint density at radius 2 is 0.465 bits per heavy atom. The van der Waals surface area contributed by atoms with E-state index in [4.69, 9.17) is 9.47 Å². The van der Waals surface area contributed by atoms with E-state index >= 15 is 0 Å². The Balaban J connectivity index is 3.38. The van der Waals surface area contributed by atoms with Gasteiger partial charge >= 0.3 is 11.9 Å². The van der Waals surface area contributed by atoms with Crippen molar-refractivity contribution in [2.75, 3.05) is 13.2 Å². The summed E-state index contributed by atoms with van der Waals surface area (Å²) in [6.45, 7) is 4.18. The molecule has 0 radical (unpaired) electrons. The Kier molecular flexibility index (Phi) is 74.7. The van der Waals surface area contributed by atoms with Gasteiger partial charge in [0, 0.05) is 12.8 Å². The van der Waals surface area contributed by atoms with Crippen LogP contribution in [0, 0.1) is 0 Å². The number of carbonyl (C=O) groups is 2. The van der Waals surface area contributed by atoms with Gasteiger partial charge in [0.05, 0.1) is 6.61 Å². The molecule has 0 aliphatic rings. The molecule has 1 atom stereocenters. The Morgan fingerprint density at radius 1 is 0.267 bits per heavy atom. The Labute approximate surface area is 538 Å². The van der Waals surface area contributed by atoms with Crippen molar-refractivity contribution < 1.29 is 24.2 Å². The zero-order valence-corrected chi connectivity index (χ0v) is 58.1. The number of rotatable bonds is 73. The highest BCUT2D eigenvalue weighted by Crippen LogP contribution is 2.19. The molecule has 0 saturated carbocycles. The molecule has 1 N–H and O–H groups in total. The van der Waals surface area contributed by atoms with Crippen LogP contribution in [0.2, 0.25) is 0 Å². The standard InChI is InChI=1S/C81H150O5/c1-3-5-7-9-11-13-15-17-19-21-23-25-27-29-31-33-35-37-38-39-40-41-42-44-46-48-50-52-54-56-58-60-62-64-66-68-70-72-74-76-81(84)86-79(77-82)78-85-80(83)75-73-71-69-67-65-63-61-59-57-55-53-51-49-47-45-43-36-34-32-30-28-26-24-22-20-18-16-14-12-10-8-6-4-2/h15-18,21-24,27,29,79,82H,3-14,19-20,25-26,28,30-78H2,1-2H3/b17-15-,18-16-,23-21-,24-22-,29-27-. The van der Waals surface area contributed by atoms with Crippen LogP contribution in [0.4, 0.5) is 0 Å². The van der Waals surface area contributed by atoms with Gasteiger partial charge in [-0.1, -0.05) is 389 Å². The van der Waals surface area contributed by atoms with Crippen LogP contribution in [-0.2, 0) is 19.1 Å². The lowest BCUT2D eigenvalue weighted by molar-refractivity contribution is -0.161. The SMILES string of the molecule is CCCCCCC/C=C\C/C=C\C/C=C\CCCCCCCCCCCCCCCCCCCCCCCCCCC(=O)OC(CO)COC(=O)CCCCCCCCCCCCCCCCCCCCCCC/C=C\C/C=C\CCCCCCC. The lowest BCUT2D eigenvalue weighted by atomic mass is 10.0. The van der Waals surface area contributed by atoms with Gasteiger partial charge < -0.3 is 14.6 Å². The second kappa shape index (κ2) is 76.8. The second-order valence-corrected chi connectivity index (χ2v) is 26.4. The second-order valence-electron chi connectivity index (χ2n) is 26.4. The molecule has 5 heteroatoms. The number of esters is 2. The normalized spacial score (nSPS) is 12.5. The molecule has 0 spiro atoms. The van der Waals surface area contributed by atoms with Crippen LogP contribution in [0.25, 0.3) is 0 Å². The largest absolute Gasteiger partial charge is 0.462 e. The molecule has 1 unspecified atom stereocenters. The summed E-state index contributed by atoms with van der Waals surface area (Å²) in [5.41, 5.74) is 0. The Hall–Kier alpha value is -2.40. The number of carbonyl (C=O) groups excluding carboxylic acids is 2. The average Bonchev–Trinajstić information content (AvgIpc) is 3.55. The average molecular weight is 1200 g/mol. The topological polar surface area (TPSA) is 72.8 Å². The third-order valence-electron chi connectivity index (χ3n) is 17.8. The summed E-state index contributed by atoms with van der Waals surface area (Å²) in [5, 5.41) is 9.72. The molecular formula is C81H150O5. The van der Waals surface area contributed by atoms with E-state index in [-0.39, 0.29) is 25.2 Å². The number of hydrogen-bond donors (Lipinski definition) is 1. The van der Waals surface area contributed by atoms with Crippen molar-refractivity contribution in [3.05, 3.63) is 60.8 Å². The first-order chi connectivity index (χ1) is 42.6. The van der Waals surface area contributed by atoms with Gasteiger partial charge in [0.25, 0.3) is 0 Å². The summed E-state index contributed by atoms with van der Waals surface area (Å²) in [6, 6.07) is 0. The summed E-state index contributed by atoms with van der Waals surface area (Å²) in [7, 11) is 0. The van der Waals surface area contributed by atoms with Crippen molar-refractivity contribution in [2.45, 2.75) is 431 Å². The van der Waals surface area contributed by atoms with E-state index in [0.29, 0.717) is 12.8 Å². The summed E-state index contributed by atoms with van der Waals surface area (Å²) in [6.07, 6.45) is 106. The summed E-state index contributed by atoms with van der Waals surface area (Å²) < 4.78 is 10.8. The van der Waals surface area contributed by atoms with Crippen LogP contribution >= 0.6 is 0 Å². The predicted molar refractivity (Wildman–Crippen MR) is 380 cm³/mol. The van der Waals surface area contributed by atoms with Crippen LogP contribution in [0.5, 0.6) is 0 Å². The van der Waals surface area contributed by atoms with E-state index in [2.05, 4.69) is 74.6 Å². The molecule has 0 saturated heterocycles. The summed E-state index contributed by atoms with van der Waals surface area (Å²) >= 11 is 0. The van der Waals surface area contributed by atoms with Gasteiger partial charge in [-0.2, -0.15) is 0 Å². The van der Waals surface area contributed by atoms with Crippen LogP contribution in [0.15, 0.2) is 60.8 Å². The first-order valence-electron chi connectivity index (χ1n) is 38.8. The summed E-state index contributed by atoms with van der Waals surface area (Å²) in [4.78, 5) is 24.7. The molecule has 0 aromatic rings. The van der Waals surface area contributed by atoms with Crippen LogP contribution in [0.3, 0.4) is 0 Å². The number of aliphatic hydroxyl groups is 1. The quantitative estimate of drug-likeness (QED) is 0.0373. The first-order valence-corrected chi connectivity index (χ1v) is 38.8. The molecule has 0 aliphatic carbocycles. The van der Waals surface area contributed by atoms with Gasteiger partial charge in [-0.25, -0.2) is 0 Å². The number of aliphatic hydroxyl groups excluding tert-OH is 1. The Bertz CT molecular complexity index is 1460. The van der Waals surface area contributed by atoms with Crippen molar-refractivity contribution >= 4 is 11.9 Å². The predicted octanol–water partition coefficient (Wildman–Crippen LogP) is 27.2. The van der Waals surface area contributed by atoms with Crippen LogP contribution in [0.1, 0.15) is 425 Å². The van der Waals surface area contributed by atoms with Crippen LogP contribution < -0.4 is 0 Å². The highest BCUT2D eigenvalue weighted by Gasteiger charge is 2.16. The van der Waals surface area contributed by atoms with E-state index in [1.807, 2.05) is 0 Å². The van der Waals surface area contributed by atoms with Crippen molar-refractivity contribution in [3.8, 4) is 0 Å². The van der Waals surface area contributed by atoms with E-state index < -0.39 is 6.10 Å². The van der Waals surface area contributed by atoms with E-state index in [9.17, 15) is 14.7 Å². The maximum Gasteiger partial charge on any atom is 0.306 e. The maximum absolute atomic E-state index is 12.4. The molecule has 0 bridgehead atoms. The molecular weight excluding hydrogens is 1050 g/mol. The molecule has 5 nitrogen and oxygen atoms in total. The molecule has 0 heterocycles. The number of ether oxygens (including phenoxy) is 2. The zero-order valence-electron chi connectivity index (χ0n) is 58.1. The minimum absolute atomic E-state index is 0.0600. The highest BCUT2D eigenvalue weighted by atomic mass is 16.6. The van der Waals surface area contributed by atoms with Gasteiger partial charge in [-0.15, -0.1) is 0 Å². The molecule has 504 valence electrons. The zero-order chi connectivity index (χ0) is 61.9. The molecule has 0 fully saturated rings. The number of unbranched alkanes of at least 4 members (excludes halogenated alkanes) is 55. The van der Waals surface area contributed by atoms with E-state index in [1.165, 1.54) is 340 Å². The van der Waals surface area contributed by atoms with Crippen molar-refractivity contribution in [2.24, 2.45) is 0 Å². The molecule has 0 rings (SSSR count). The van der Waals surface area contributed by atoms with E-state index in [1.54, 1.807) is 0 Å². The molecule has 86 heavy (non-hydrogen) atoms. The number of hydrogen-bond acceptors (Lipinski definition) is 5. The van der Waals surface area contributed by atoms with Gasteiger partial charge in [0.15, 0.2) is 6.10 Å². The minimum Gasteiger partial charge on any atom is -0.462 e. The smallest absolute Gasteiger partial charge is 0.306 e. The van der Waals surface area contributed by atoms with Crippen molar-refractivity contribution in [1.82, 2.24) is 0 Å². The van der Waals surface area contributed by atoms with Gasteiger partial charge in [-0.3, -0.25) is 9.59 Å². The lowest BCUT2D eigenvalue weighted by Crippen LogP contribution is -2.28. The van der Waals surface area contributed by atoms with E-state index in [0.717, 1.165) is 57.8 Å². The third-order valence-corrected chi connectivity index (χ3v) is 17.8. The highest BCUT2D eigenvalue weighted by molar-refractivity contribution is 5.70. The minimum atomic E-state index is -0.771. The van der Waals surface area contributed by atoms with Gasteiger partial charge in [0.1, 0.15) is 6.61 Å². The molecule has 0 aliphatic heterocycles. The summed E-state index contributed by atoms with van der Waals surface area (Å²) in [5.74, 6) is -0.565. The van der Waals surface area contributed by atoms with Crippen molar-refractivity contribution in [3.63, 3.8) is 0 Å². The first kappa shape index (κ1) is 83.6. The maximum atomic E-state index is 12.4.